The zero-order valence-electron chi connectivity index (χ0n) is 16.8. The largest absolute Gasteiger partial charge is 0.354 e. The predicted molar refractivity (Wildman–Crippen MR) is 113 cm³/mol. The lowest BCUT2D eigenvalue weighted by Gasteiger charge is -2.34. The molecule has 2 amide bonds. The van der Waals surface area contributed by atoms with E-state index in [0.717, 1.165) is 34.5 Å². The number of piperazine rings is 1. The van der Waals surface area contributed by atoms with E-state index in [-0.39, 0.29) is 19.0 Å². The van der Waals surface area contributed by atoms with Gasteiger partial charge in [-0.2, -0.15) is 9.67 Å². The highest BCUT2D eigenvalue weighted by molar-refractivity contribution is 6.30. The van der Waals surface area contributed by atoms with Crippen LogP contribution in [0.5, 0.6) is 0 Å². The van der Waals surface area contributed by atoms with Crippen molar-refractivity contribution < 1.29 is 9.59 Å². The Labute approximate surface area is 178 Å². The van der Waals surface area contributed by atoms with Gasteiger partial charge in [0.15, 0.2) is 5.82 Å². The molecule has 1 aromatic heterocycles. The van der Waals surface area contributed by atoms with Crippen LogP contribution < -0.4 is 10.6 Å². The van der Waals surface area contributed by atoms with E-state index in [1.54, 1.807) is 29.2 Å². The Morgan fingerprint density at radius 3 is 2.37 bits per heavy atom. The molecule has 9 nitrogen and oxygen atoms in total. The molecule has 4 rings (SSSR count). The summed E-state index contributed by atoms with van der Waals surface area (Å²) in [6.45, 7) is 9.44. The van der Waals surface area contributed by atoms with E-state index in [1.807, 2.05) is 6.92 Å². The summed E-state index contributed by atoms with van der Waals surface area (Å²) in [5.74, 6) is 0.143. The number of hydrogen-bond acceptors (Lipinski definition) is 5. The Morgan fingerprint density at radius 2 is 1.77 bits per heavy atom. The van der Waals surface area contributed by atoms with Crippen LogP contribution in [-0.4, -0.2) is 68.8 Å². The van der Waals surface area contributed by atoms with Gasteiger partial charge in [0.2, 0.25) is 5.91 Å². The molecule has 0 unspecified atom stereocenters. The third-order valence-electron chi connectivity index (χ3n) is 5.27. The molecule has 158 valence electrons. The summed E-state index contributed by atoms with van der Waals surface area (Å²) >= 11 is 5.89. The van der Waals surface area contributed by atoms with Gasteiger partial charge in [0.25, 0.3) is 0 Å². The number of nitrogens with zero attached hydrogens (tertiary/aromatic N) is 6. The number of hydrogen-bond donors (Lipinski definition) is 0. The van der Waals surface area contributed by atoms with E-state index in [4.69, 9.17) is 11.6 Å². The Kier molecular flexibility index (Phi) is 5.48. The Morgan fingerprint density at radius 1 is 1.10 bits per heavy atom. The molecule has 0 atom stereocenters. The molecular formula is C20H23ClN6O3. The fourth-order valence-corrected chi connectivity index (χ4v) is 3.89. The van der Waals surface area contributed by atoms with E-state index in [9.17, 15) is 14.4 Å². The Hall–Kier alpha value is -2.91. The molecule has 2 aliphatic rings. The lowest BCUT2D eigenvalue weighted by atomic mass is 10.2. The van der Waals surface area contributed by atoms with Gasteiger partial charge < -0.3 is 4.90 Å². The summed E-state index contributed by atoms with van der Waals surface area (Å²) in [6, 6.07) is 6.30. The third kappa shape index (κ3) is 3.90. The molecule has 1 aromatic carbocycles. The number of anilines is 1. The molecule has 3 heterocycles. The molecular weight excluding hydrogens is 408 g/mol. The van der Waals surface area contributed by atoms with Crippen molar-refractivity contribution in [1.82, 2.24) is 24.1 Å². The summed E-state index contributed by atoms with van der Waals surface area (Å²) < 4.78 is 2.10. The molecule has 30 heavy (non-hydrogen) atoms. The SMILES string of the molecule is C=C(C)CN1CCN(C(=O)Cn2nc3n(c2=O)C(=O)N(c2ccc(Cl)cc2)C3)CC1. The monoisotopic (exact) mass is 430 g/mol. The summed E-state index contributed by atoms with van der Waals surface area (Å²) in [5.41, 5.74) is 1.12. The van der Waals surface area contributed by atoms with Crippen molar-refractivity contribution >= 4 is 29.2 Å². The maximum Gasteiger partial charge on any atom is 0.354 e. The van der Waals surface area contributed by atoms with E-state index in [1.165, 1.54) is 4.90 Å². The van der Waals surface area contributed by atoms with Crippen molar-refractivity contribution in [3.05, 3.63) is 57.7 Å². The number of fused-ring (bicyclic) bond motifs is 1. The first kappa shape index (κ1) is 20.4. The van der Waals surface area contributed by atoms with E-state index in [2.05, 4.69) is 16.6 Å². The normalized spacial score (nSPS) is 16.8. The van der Waals surface area contributed by atoms with Crippen LogP contribution in [0.3, 0.4) is 0 Å². The second-order valence-electron chi connectivity index (χ2n) is 7.65. The van der Waals surface area contributed by atoms with Gasteiger partial charge in [-0.05, 0) is 31.2 Å². The molecule has 0 radical (unpaired) electrons. The van der Waals surface area contributed by atoms with Crippen molar-refractivity contribution in [1.29, 1.82) is 0 Å². The topological polar surface area (TPSA) is 83.7 Å². The molecule has 0 spiro atoms. The van der Waals surface area contributed by atoms with Crippen molar-refractivity contribution in [2.45, 2.75) is 20.0 Å². The number of benzene rings is 1. The first-order valence-electron chi connectivity index (χ1n) is 9.74. The number of amides is 2. The van der Waals surface area contributed by atoms with Crippen LogP contribution in [-0.2, 0) is 17.9 Å². The van der Waals surface area contributed by atoms with Crippen LogP contribution in [0.1, 0.15) is 12.7 Å². The lowest BCUT2D eigenvalue weighted by molar-refractivity contribution is -0.133. The maximum absolute atomic E-state index is 12.7. The highest BCUT2D eigenvalue weighted by atomic mass is 35.5. The molecule has 1 saturated heterocycles. The number of rotatable bonds is 5. The zero-order valence-corrected chi connectivity index (χ0v) is 17.5. The fraction of sp³-hybridized carbons (Fsp3) is 0.400. The van der Waals surface area contributed by atoms with Gasteiger partial charge in [-0.15, -0.1) is 0 Å². The minimum absolute atomic E-state index is 0.163. The van der Waals surface area contributed by atoms with Gasteiger partial charge in [-0.25, -0.2) is 14.3 Å². The standard InChI is InChI=1S/C20H23ClN6O3/c1-14(2)11-23-7-9-24(10-8-23)18(28)13-26-20(30)27-17(22-26)12-25(19(27)29)16-5-3-15(21)4-6-16/h3-6H,1,7-13H2,2H3. The van der Waals surface area contributed by atoms with Gasteiger partial charge >= 0.3 is 11.7 Å². The number of carbonyl (C=O) groups is 2. The van der Waals surface area contributed by atoms with Crippen LogP contribution >= 0.6 is 11.6 Å². The summed E-state index contributed by atoms with van der Waals surface area (Å²) in [4.78, 5) is 43.5. The van der Waals surface area contributed by atoms with Crippen LogP contribution in [0.25, 0.3) is 0 Å². The minimum atomic E-state index is -0.597. The Bertz CT molecular complexity index is 1050. The number of aromatic nitrogens is 3. The molecule has 10 heteroatoms. The second kappa shape index (κ2) is 8.08. The molecule has 2 aromatic rings. The van der Waals surface area contributed by atoms with Gasteiger partial charge in [0, 0.05) is 43.4 Å². The van der Waals surface area contributed by atoms with Crippen molar-refractivity contribution in [3.63, 3.8) is 0 Å². The molecule has 0 aliphatic carbocycles. The average Bonchev–Trinajstić information content (AvgIpc) is 3.19. The van der Waals surface area contributed by atoms with Gasteiger partial charge in [0.05, 0.1) is 6.54 Å². The van der Waals surface area contributed by atoms with E-state index < -0.39 is 11.7 Å². The molecule has 2 aliphatic heterocycles. The lowest BCUT2D eigenvalue weighted by Crippen LogP contribution is -2.50. The molecule has 0 N–H and O–H groups in total. The summed E-state index contributed by atoms with van der Waals surface area (Å²) in [6.07, 6.45) is 0. The Balaban J connectivity index is 1.42. The van der Waals surface area contributed by atoms with Crippen LogP contribution in [0.15, 0.2) is 41.2 Å². The minimum Gasteiger partial charge on any atom is -0.339 e. The molecule has 1 fully saturated rings. The van der Waals surface area contributed by atoms with Gasteiger partial charge in [-0.3, -0.25) is 14.6 Å². The predicted octanol–water partition coefficient (Wildman–Crippen LogP) is 1.41. The van der Waals surface area contributed by atoms with Crippen molar-refractivity contribution in [2.24, 2.45) is 0 Å². The van der Waals surface area contributed by atoms with Crippen LogP contribution in [0.2, 0.25) is 5.02 Å². The van der Waals surface area contributed by atoms with Crippen LogP contribution in [0, 0.1) is 0 Å². The highest BCUT2D eigenvalue weighted by Gasteiger charge is 2.34. The smallest absolute Gasteiger partial charge is 0.339 e. The molecule has 0 bridgehead atoms. The second-order valence-corrected chi connectivity index (χ2v) is 8.09. The quantitative estimate of drug-likeness (QED) is 0.670. The van der Waals surface area contributed by atoms with E-state index >= 15 is 0 Å². The van der Waals surface area contributed by atoms with Gasteiger partial charge in [-0.1, -0.05) is 23.8 Å². The number of halogens is 1. The summed E-state index contributed by atoms with van der Waals surface area (Å²) in [5, 5.41) is 4.79. The first-order valence-corrected chi connectivity index (χ1v) is 10.1. The fourth-order valence-electron chi connectivity index (χ4n) is 3.77. The van der Waals surface area contributed by atoms with Crippen LogP contribution in [0.4, 0.5) is 10.5 Å². The zero-order chi connectivity index (χ0) is 21.4. The number of carbonyl (C=O) groups excluding carboxylic acids is 2. The van der Waals surface area contributed by atoms with E-state index in [0.29, 0.717) is 29.6 Å². The van der Waals surface area contributed by atoms with Gasteiger partial charge in [0.1, 0.15) is 6.54 Å². The first-order chi connectivity index (χ1) is 14.3. The van der Waals surface area contributed by atoms with Crippen molar-refractivity contribution in [2.75, 3.05) is 37.6 Å². The molecule has 0 saturated carbocycles. The summed E-state index contributed by atoms with van der Waals surface area (Å²) in [7, 11) is 0. The maximum atomic E-state index is 12.7. The highest BCUT2D eigenvalue weighted by Crippen LogP contribution is 2.23. The average molecular weight is 431 g/mol. The van der Waals surface area contributed by atoms with Crippen molar-refractivity contribution in [3.8, 4) is 0 Å². The third-order valence-corrected chi connectivity index (χ3v) is 5.52.